The van der Waals surface area contributed by atoms with E-state index < -0.39 is 21.8 Å². The smallest absolute Gasteiger partial charge is 0.323 e. The summed E-state index contributed by atoms with van der Waals surface area (Å²) >= 11 is 0. The van der Waals surface area contributed by atoms with Crippen LogP contribution in [0.15, 0.2) is 29.2 Å². The molecular formula is C13H18N2O5S. The number of nitrogens with one attached hydrogen (secondary N) is 1. The first-order valence-electron chi connectivity index (χ1n) is 6.27. The molecule has 2 amide bonds. The fourth-order valence-electron chi connectivity index (χ4n) is 1.63. The first kappa shape index (κ1) is 17.0. The third-order valence-electron chi connectivity index (χ3n) is 2.79. The van der Waals surface area contributed by atoms with E-state index in [-0.39, 0.29) is 24.5 Å². The number of hydrogen-bond acceptors (Lipinski definition) is 4. The second-order valence-electron chi connectivity index (χ2n) is 4.48. The van der Waals surface area contributed by atoms with Crippen LogP contribution in [-0.2, 0) is 21.2 Å². The lowest BCUT2D eigenvalue weighted by Gasteiger charge is -2.19. The number of benzene rings is 1. The normalized spacial score (nSPS) is 11.0. The first-order chi connectivity index (χ1) is 9.74. The highest BCUT2D eigenvalue weighted by molar-refractivity contribution is 7.90. The minimum atomic E-state index is -3.24. The van der Waals surface area contributed by atoms with Crippen molar-refractivity contribution in [3.8, 4) is 0 Å². The molecule has 0 aromatic heterocycles. The van der Waals surface area contributed by atoms with Gasteiger partial charge in [-0.3, -0.25) is 4.79 Å². The number of likely N-dealkylation sites (N-methyl/N-ethyl adjacent to an activating group) is 1. The van der Waals surface area contributed by atoms with Crippen LogP contribution in [0.5, 0.6) is 0 Å². The van der Waals surface area contributed by atoms with Crippen molar-refractivity contribution in [2.75, 3.05) is 19.3 Å². The Balaban J connectivity index is 2.62. The van der Waals surface area contributed by atoms with Crippen molar-refractivity contribution in [3.63, 3.8) is 0 Å². The van der Waals surface area contributed by atoms with E-state index in [0.717, 1.165) is 16.7 Å². The lowest BCUT2D eigenvalue weighted by atomic mass is 10.2. The van der Waals surface area contributed by atoms with Crippen molar-refractivity contribution in [3.05, 3.63) is 29.8 Å². The summed E-state index contributed by atoms with van der Waals surface area (Å²) in [5.74, 6) is -1.08. The number of carbonyl (C=O) groups is 2. The maximum atomic E-state index is 11.8. The molecule has 1 aromatic carbocycles. The van der Waals surface area contributed by atoms with Gasteiger partial charge >= 0.3 is 12.0 Å². The molecule has 2 N–H and O–H groups in total. The predicted molar refractivity (Wildman–Crippen MR) is 76.7 cm³/mol. The Morgan fingerprint density at radius 2 is 1.81 bits per heavy atom. The van der Waals surface area contributed by atoms with Crippen LogP contribution in [0.1, 0.15) is 12.5 Å². The average Bonchev–Trinajstić information content (AvgIpc) is 2.41. The molecule has 0 aliphatic heterocycles. The van der Waals surface area contributed by atoms with Gasteiger partial charge in [0.05, 0.1) is 4.90 Å². The standard InChI is InChI=1S/C13H18N2O5S/c1-3-15(9-12(16)17)13(18)14-8-10-4-6-11(7-5-10)21(2,19)20/h4-7H,3,8-9H2,1-2H3,(H,14,18)(H,16,17). The van der Waals surface area contributed by atoms with Crippen LogP contribution in [-0.4, -0.2) is 49.8 Å². The molecule has 0 saturated heterocycles. The number of nitrogens with zero attached hydrogens (tertiary/aromatic N) is 1. The largest absolute Gasteiger partial charge is 0.480 e. The van der Waals surface area contributed by atoms with E-state index in [9.17, 15) is 18.0 Å². The van der Waals surface area contributed by atoms with Gasteiger partial charge in [0.2, 0.25) is 0 Å². The number of urea groups is 1. The molecule has 0 unspecified atom stereocenters. The summed E-state index contributed by atoms with van der Waals surface area (Å²) in [6, 6.07) is 5.65. The van der Waals surface area contributed by atoms with Gasteiger partial charge in [0.1, 0.15) is 6.54 Å². The fourth-order valence-corrected chi connectivity index (χ4v) is 2.26. The van der Waals surface area contributed by atoms with Gasteiger partial charge in [-0.05, 0) is 24.6 Å². The second kappa shape index (κ2) is 7.07. The Bertz CT molecular complexity index is 610. The number of rotatable bonds is 6. The van der Waals surface area contributed by atoms with Gasteiger partial charge in [-0.2, -0.15) is 0 Å². The van der Waals surface area contributed by atoms with E-state index in [1.165, 1.54) is 12.1 Å². The highest BCUT2D eigenvalue weighted by atomic mass is 32.2. The highest BCUT2D eigenvalue weighted by Gasteiger charge is 2.14. The first-order valence-corrected chi connectivity index (χ1v) is 8.16. The Morgan fingerprint density at radius 3 is 2.24 bits per heavy atom. The molecule has 0 bridgehead atoms. The number of amides is 2. The quantitative estimate of drug-likeness (QED) is 0.804. The van der Waals surface area contributed by atoms with E-state index in [4.69, 9.17) is 5.11 Å². The summed E-state index contributed by atoms with van der Waals surface area (Å²) < 4.78 is 22.6. The average molecular weight is 314 g/mol. The minimum absolute atomic E-state index is 0.193. The van der Waals surface area contributed by atoms with Crippen LogP contribution in [0.4, 0.5) is 4.79 Å². The third kappa shape index (κ3) is 5.42. The van der Waals surface area contributed by atoms with E-state index in [1.54, 1.807) is 19.1 Å². The van der Waals surface area contributed by atoms with Crippen LogP contribution in [0.3, 0.4) is 0 Å². The summed E-state index contributed by atoms with van der Waals surface area (Å²) in [4.78, 5) is 23.7. The van der Waals surface area contributed by atoms with Crippen molar-refractivity contribution in [2.45, 2.75) is 18.4 Å². The molecule has 0 atom stereocenters. The maximum Gasteiger partial charge on any atom is 0.323 e. The Hall–Kier alpha value is -2.09. The molecule has 1 aromatic rings. The Morgan fingerprint density at radius 1 is 1.24 bits per heavy atom. The van der Waals surface area contributed by atoms with Crippen LogP contribution >= 0.6 is 0 Å². The van der Waals surface area contributed by atoms with E-state index >= 15 is 0 Å². The van der Waals surface area contributed by atoms with Crippen LogP contribution in [0, 0.1) is 0 Å². The molecule has 21 heavy (non-hydrogen) atoms. The molecule has 1 rings (SSSR count). The molecule has 0 spiro atoms. The zero-order chi connectivity index (χ0) is 16.0. The van der Waals surface area contributed by atoms with Gasteiger partial charge in [0.15, 0.2) is 9.84 Å². The van der Waals surface area contributed by atoms with Gasteiger partial charge < -0.3 is 15.3 Å². The van der Waals surface area contributed by atoms with Gasteiger partial charge in [-0.25, -0.2) is 13.2 Å². The molecule has 0 radical (unpaired) electrons. The topological polar surface area (TPSA) is 104 Å². The van der Waals surface area contributed by atoms with E-state index in [2.05, 4.69) is 5.32 Å². The maximum absolute atomic E-state index is 11.8. The summed E-state index contributed by atoms with van der Waals surface area (Å²) in [7, 11) is -3.24. The number of hydrogen-bond donors (Lipinski definition) is 2. The van der Waals surface area contributed by atoms with Crippen LogP contribution in [0.25, 0.3) is 0 Å². The number of aliphatic carboxylic acids is 1. The van der Waals surface area contributed by atoms with Gasteiger partial charge in [0.25, 0.3) is 0 Å². The number of carbonyl (C=O) groups excluding carboxylic acids is 1. The monoisotopic (exact) mass is 314 g/mol. The van der Waals surface area contributed by atoms with Crippen molar-refractivity contribution in [1.29, 1.82) is 0 Å². The highest BCUT2D eigenvalue weighted by Crippen LogP contribution is 2.10. The molecule has 0 fully saturated rings. The molecule has 116 valence electrons. The van der Waals surface area contributed by atoms with Crippen molar-refractivity contribution in [1.82, 2.24) is 10.2 Å². The van der Waals surface area contributed by atoms with E-state index in [1.807, 2.05) is 0 Å². The lowest BCUT2D eigenvalue weighted by Crippen LogP contribution is -2.42. The minimum Gasteiger partial charge on any atom is -0.480 e. The zero-order valence-electron chi connectivity index (χ0n) is 11.9. The predicted octanol–water partition coefficient (Wildman–Crippen LogP) is 0.706. The summed E-state index contributed by atoms with van der Waals surface area (Å²) in [6.45, 7) is 1.79. The molecule has 8 heteroatoms. The summed E-state index contributed by atoms with van der Waals surface area (Å²) in [5.41, 5.74) is 0.724. The van der Waals surface area contributed by atoms with Crippen molar-refractivity contribution in [2.24, 2.45) is 0 Å². The van der Waals surface area contributed by atoms with Gasteiger partial charge in [-0.1, -0.05) is 12.1 Å². The van der Waals surface area contributed by atoms with Crippen LogP contribution < -0.4 is 5.32 Å². The molecular weight excluding hydrogens is 296 g/mol. The third-order valence-corrected chi connectivity index (χ3v) is 3.92. The summed E-state index contributed by atoms with van der Waals surface area (Å²) in [5, 5.41) is 11.3. The van der Waals surface area contributed by atoms with Crippen LogP contribution in [0.2, 0.25) is 0 Å². The van der Waals surface area contributed by atoms with Crippen molar-refractivity contribution >= 4 is 21.8 Å². The van der Waals surface area contributed by atoms with E-state index in [0.29, 0.717) is 0 Å². The SMILES string of the molecule is CCN(CC(=O)O)C(=O)NCc1ccc(S(C)(=O)=O)cc1. The van der Waals surface area contributed by atoms with Crippen molar-refractivity contribution < 1.29 is 23.1 Å². The Labute approximate surface area is 123 Å². The van der Waals surface area contributed by atoms with Gasteiger partial charge in [0, 0.05) is 19.3 Å². The molecule has 0 aliphatic rings. The van der Waals surface area contributed by atoms with Gasteiger partial charge in [-0.15, -0.1) is 0 Å². The molecule has 0 heterocycles. The zero-order valence-corrected chi connectivity index (χ0v) is 12.7. The molecule has 0 aliphatic carbocycles. The lowest BCUT2D eigenvalue weighted by molar-refractivity contribution is -0.137. The fraction of sp³-hybridized carbons (Fsp3) is 0.385. The number of carboxylic acid groups (broad SMARTS) is 1. The number of carboxylic acids is 1. The molecule has 7 nitrogen and oxygen atoms in total. The molecule has 0 saturated carbocycles. The Kier molecular flexibility index (Phi) is 5.71. The summed E-state index contributed by atoms with van der Waals surface area (Å²) in [6.07, 6.45) is 1.12. The second-order valence-corrected chi connectivity index (χ2v) is 6.50. The number of sulfone groups is 1.